The Bertz CT molecular complexity index is 720. The summed E-state index contributed by atoms with van der Waals surface area (Å²) < 4.78 is 4.37. The Morgan fingerprint density at radius 1 is 0.917 bits per heavy atom. The first-order valence-electron chi connectivity index (χ1n) is 6.84. The van der Waals surface area contributed by atoms with Gasteiger partial charge < -0.3 is 15.4 Å². The molecular formula is C14H14N6O4. The van der Waals surface area contributed by atoms with Gasteiger partial charge in [0.15, 0.2) is 0 Å². The molecule has 0 fully saturated rings. The Labute approximate surface area is 136 Å². The lowest BCUT2D eigenvalue weighted by atomic mass is 10.2. The second-order valence-electron chi connectivity index (χ2n) is 4.47. The highest BCUT2D eigenvalue weighted by Crippen LogP contribution is 1.98. The minimum absolute atomic E-state index is 0.268. The van der Waals surface area contributed by atoms with E-state index in [-0.39, 0.29) is 18.2 Å². The molecule has 0 aliphatic rings. The summed E-state index contributed by atoms with van der Waals surface area (Å²) in [4.78, 5) is 34.4. The van der Waals surface area contributed by atoms with Crippen LogP contribution >= 0.6 is 0 Å². The summed E-state index contributed by atoms with van der Waals surface area (Å²) >= 11 is 0. The van der Waals surface area contributed by atoms with Gasteiger partial charge in [0, 0.05) is 6.54 Å². The minimum atomic E-state index is -0.753. The number of esters is 1. The molecule has 2 N–H and O–H groups in total. The van der Waals surface area contributed by atoms with Crippen LogP contribution in [-0.2, 0) is 16.1 Å². The van der Waals surface area contributed by atoms with E-state index < -0.39 is 17.8 Å². The van der Waals surface area contributed by atoms with Crippen LogP contribution in [0.15, 0.2) is 30.3 Å². The molecular weight excluding hydrogens is 316 g/mol. The van der Waals surface area contributed by atoms with Gasteiger partial charge in [-0.25, -0.2) is 0 Å². The van der Waals surface area contributed by atoms with Crippen LogP contribution in [0.4, 0.5) is 0 Å². The zero-order chi connectivity index (χ0) is 17.4. The third kappa shape index (κ3) is 4.80. The first kappa shape index (κ1) is 16.9. The van der Waals surface area contributed by atoms with E-state index in [4.69, 9.17) is 0 Å². The highest BCUT2D eigenvalue weighted by molar-refractivity contribution is 5.93. The Hall–Kier alpha value is -3.43. The number of amides is 2. The predicted molar refractivity (Wildman–Crippen MR) is 79.6 cm³/mol. The van der Waals surface area contributed by atoms with Crippen molar-refractivity contribution in [3.8, 4) is 0 Å². The molecule has 2 aromatic rings. The van der Waals surface area contributed by atoms with Gasteiger partial charge in [0.25, 0.3) is 23.5 Å². The number of rotatable bonds is 6. The van der Waals surface area contributed by atoms with Gasteiger partial charge in [0.1, 0.15) is 6.54 Å². The Kier molecular flexibility index (Phi) is 5.83. The number of nitrogens with one attached hydrogen (secondary N) is 2. The second kappa shape index (κ2) is 8.27. The highest BCUT2D eigenvalue weighted by Gasteiger charge is 2.15. The molecule has 124 valence electrons. The van der Waals surface area contributed by atoms with Crippen molar-refractivity contribution >= 4 is 17.8 Å². The Morgan fingerprint density at radius 2 is 1.46 bits per heavy atom. The van der Waals surface area contributed by atoms with E-state index in [1.54, 1.807) is 0 Å². The molecule has 0 saturated carbocycles. The number of benzene rings is 1. The molecule has 0 atom stereocenters. The molecule has 10 nitrogen and oxygen atoms in total. The van der Waals surface area contributed by atoms with Crippen LogP contribution in [0.5, 0.6) is 0 Å². The quantitative estimate of drug-likeness (QED) is 0.650. The molecule has 2 amide bonds. The van der Waals surface area contributed by atoms with Gasteiger partial charge in [0.2, 0.25) is 0 Å². The van der Waals surface area contributed by atoms with Crippen LogP contribution in [-0.4, -0.2) is 51.8 Å². The maximum atomic E-state index is 11.9. The standard InChI is InChI=1S/C14H14N6O4/c1-24-10(21)8-16-14(23)12-19-17-11(18-20-12)13(22)15-7-9-5-3-2-4-6-9/h2-6H,7-8H2,1H3,(H,15,22)(H,16,23). The summed E-state index contributed by atoms with van der Waals surface area (Å²) in [6.45, 7) is -0.0393. The summed E-state index contributed by atoms with van der Waals surface area (Å²) in [6, 6.07) is 9.27. The Balaban J connectivity index is 1.89. The van der Waals surface area contributed by atoms with Gasteiger partial charge in [-0.15, -0.1) is 20.4 Å². The number of nitrogens with zero attached hydrogens (tertiary/aromatic N) is 4. The predicted octanol–water partition coefficient (Wildman–Crippen LogP) is -0.901. The normalized spacial score (nSPS) is 9.88. The number of methoxy groups -OCH3 is 1. The molecule has 0 spiro atoms. The zero-order valence-corrected chi connectivity index (χ0v) is 12.7. The van der Waals surface area contributed by atoms with E-state index in [0.717, 1.165) is 5.56 Å². The molecule has 0 radical (unpaired) electrons. The van der Waals surface area contributed by atoms with Crippen molar-refractivity contribution in [3.05, 3.63) is 47.5 Å². The number of carbonyl (C=O) groups is 3. The number of ether oxygens (including phenoxy) is 1. The molecule has 24 heavy (non-hydrogen) atoms. The maximum absolute atomic E-state index is 11.9. The fourth-order valence-corrected chi connectivity index (χ4v) is 1.57. The maximum Gasteiger partial charge on any atom is 0.325 e. The average Bonchev–Trinajstić information content (AvgIpc) is 2.64. The molecule has 0 aliphatic carbocycles. The third-order valence-corrected chi connectivity index (χ3v) is 2.80. The molecule has 1 heterocycles. The fraction of sp³-hybridized carbons (Fsp3) is 0.214. The van der Waals surface area contributed by atoms with E-state index in [2.05, 4.69) is 35.8 Å². The minimum Gasteiger partial charge on any atom is -0.468 e. The molecule has 0 saturated heterocycles. The topological polar surface area (TPSA) is 136 Å². The van der Waals surface area contributed by atoms with E-state index in [1.807, 2.05) is 30.3 Å². The lowest BCUT2D eigenvalue weighted by molar-refractivity contribution is -0.139. The smallest absolute Gasteiger partial charge is 0.325 e. The second-order valence-corrected chi connectivity index (χ2v) is 4.47. The lowest BCUT2D eigenvalue weighted by Gasteiger charge is -2.04. The van der Waals surface area contributed by atoms with Crippen molar-refractivity contribution in [1.29, 1.82) is 0 Å². The number of hydrogen-bond acceptors (Lipinski definition) is 8. The Morgan fingerprint density at radius 3 is 2.00 bits per heavy atom. The lowest BCUT2D eigenvalue weighted by Crippen LogP contribution is -2.32. The van der Waals surface area contributed by atoms with Crippen LogP contribution in [0.25, 0.3) is 0 Å². The third-order valence-electron chi connectivity index (χ3n) is 2.80. The SMILES string of the molecule is COC(=O)CNC(=O)c1nnc(C(=O)NCc2ccccc2)nn1. The largest absolute Gasteiger partial charge is 0.468 e. The van der Waals surface area contributed by atoms with Crippen molar-refractivity contribution in [1.82, 2.24) is 31.0 Å². The highest BCUT2D eigenvalue weighted by atomic mass is 16.5. The number of hydrogen-bond donors (Lipinski definition) is 2. The summed E-state index contributed by atoms with van der Waals surface area (Å²) in [5.41, 5.74) is 0.908. The van der Waals surface area contributed by atoms with E-state index in [9.17, 15) is 14.4 Å². The van der Waals surface area contributed by atoms with Crippen molar-refractivity contribution in [2.75, 3.05) is 13.7 Å². The van der Waals surface area contributed by atoms with Gasteiger partial charge in [-0.05, 0) is 5.56 Å². The van der Waals surface area contributed by atoms with Crippen molar-refractivity contribution in [2.24, 2.45) is 0 Å². The number of aromatic nitrogens is 4. The molecule has 0 unspecified atom stereocenters. The fourth-order valence-electron chi connectivity index (χ4n) is 1.57. The monoisotopic (exact) mass is 330 g/mol. The summed E-state index contributed by atoms with van der Waals surface area (Å²) in [6.07, 6.45) is 0. The molecule has 1 aromatic carbocycles. The molecule has 1 aromatic heterocycles. The van der Waals surface area contributed by atoms with E-state index in [0.29, 0.717) is 6.54 Å². The summed E-state index contributed by atoms with van der Waals surface area (Å²) in [7, 11) is 1.19. The molecule has 0 bridgehead atoms. The van der Waals surface area contributed by atoms with Gasteiger partial charge in [0.05, 0.1) is 7.11 Å². The van der Waals surface area contributed by atoms with Crippen LogP contribution in [0.3, 0.4) is 0 Å². The van der Waals surface area contributed by atoms with Gasteiger partial charge in [-0.3, -0.25) is 14.4 Å². The van der Waals surface area contributed by atoms with Crippen molar-refractivity contribution in [3.63, 3.8) is 0 Å². The zero-order valence-electron chi connectivity index (χ0n) is 12.7. The summed E-state index contributed by atoms with van der Waals surface area (Å²) in [5, 5.41) is 18.9. The van der Waals surface area contributed by atoms with Gasteiger partial charge in [-0.2, -0.15) is 0 Å². The molecule has 10 heteroatoms. The average molecular weight is 330 g/mol. The van der Waals surface area contributed by atoms with E-state index in [1.165, 1.54) is 7.11 Å². The first-order valence-corrected chi connectivity index (χ1v) is 6.84. The summed E-state index contributed by atoms with van der Waals surface area (Å²) in [5.74, 6) is -2.58. The first-order chi connectivity index (χ1) is 11.6. The van der Waals surface area contributed by atoms with Crippen LogP contribution in [0.1, 0.15) is 26.8 Å². The number of carbonyl (C=O) groups excluding carboxylic acids is 3. The van der Waals surface area contributed by atoms with Crippen LogP contribution in [0.2, 0.25) is 0 Å². The van der Waals surface area contributed by atoms with Crippen molar-refractivity contribution < 1.29 is 19.1 Å². The molecule has 0 aliphatic heterocycles. The van der Waals surface area contributed by atoms with Crippen molar-refractivity contribution in [2.45, 2.75) is 6.54 Å². The van der Waals surface area contributed by atoms with Crippen LogP contribution < -0.4 is 10.6 Å². The van der Waals surface area contributed by atoms with E-state index >= 15 is 0 Å². The molecule has 2 rings (SSSR count). The van der Waals surface area contributed by atoms with Gasteiger partial charge >= 0.3 is 5.97 Å². The van der Waals surface area contributed by atoms with Gasteiger partial charge in [-0.1, -0.05) is 30.3 Å². The van der Waals surface area contributed by atoms with Crippen LogP contribution in [0, 0.1) is 0 Å².